The molecule has 0 unspecified atom stereocenters. The Balaban J connectivity index is 1.78. The maximum absolute atomic E-state index is 5.67. The van der Waals surface area contributed by atoms with Crippen LogP contribution in [0.2, 0.25) is 0 Å². The molecule has 1 aromatic rings. The van der Waals surface area contributed by atoms with Crippen LogP contribution in [0.5, 0.6) is 0 Å². The lowest BCUT2D eigenvalue weighted by Gasteiger charge is -2.33. The van der Waals surface area contributed by atoms with Crippen LogP contribution in [0.1, 0.15) is 46.1 Å². The summed E-state index contributed by atoms with van der Waals surface area (Å²) < 4.78 is 2.04. The minimum Gasteiger partial charge on any atom is -0.382 e. The van der Waals surface area contributed by atoms with Crippen LogP contribution in [0.3, 0.4) is 0 Å². The molecule has 102 valence electrons. The Kier molecular flexibility index (Phi) is 3.95. The Bertz CT molecular complexity index is 369. The Hall–Kier alpha value is -1.03. The van der Waals surface area contributed by atoms with Gasteiger partial charge in [0.2, 0.25) is 0 Å². The van der Waals surface area contributed by atoms with Crippen molar-refractivity contribution in [2.75, 3.05) is 25.4 Å². The van der Waals surface area contributed by atoms with Crippen molar-refractivity contribution in [1.82, 2.24) is 14.7 Å². The normalized spacial score (nSPS) is 19.3. The van der Waals surface area contributed by atoms with Crippen molar-refractivity contribution in [3.8, 4) is 0 Å². The molecule has 2 heterocycles. The van der Waals surface area contributed by atoms with Gasteiger partial charge >= 0.3 is 0 Å². The van der Waals surface area contributed by atoms with E-state index in [4.69, 9.17) is 5.73 Å². The molecule has 18 heavy (non-hydrogen) atoms. The molecule has 0 aromatic carbocycles. The predicted molar refractivity (Wildman–Crippen MR) is 75.4 cm³/mol. The maximum atomic E-state index is 5.67. The second kappa shape index (κ2) is 5.31. The SMILES string of the molecule is CC(C)(C)CCN1CCC(n2ccc(N)n2)CC1. The van der Waals surface area contributed by atoms with Crippen LogP contribution in [0.15, 0.2) is 12.3 Å². The van der Waals surface area contributed by atoms with Crippen molar-refractivity contribution in [2.45, 2.75) is 46.1 Å². The van der Waals surface area contributed by atoms with E-state index < -0.39 is 0 Å². The molecule has 1 aromatic heterocycles. The number of nitrogens with two attached hydrogens (primary N) is 1. The standard InChI is InChI=1S/C14H26N4/c1-14(2,3)7-11-17-8-4-12(5-9-17)18-10-6-13(15)16-18/h6,10,12H,4-5,7-9,11H2,1-3H3,(H2,15,16). The first-order chi connectivity index (χ1) is 8.44. The van der Waals surface area contributed by atoms with E-state index in [2.05, 4.69) is 30.8 Å². The van der Waals surface area contributed by atoms with Crippen LogP contribution < -0.4 is 5.73 Å². The fourth-order valence-corrected chi connectivity index (χ4v) is 2.46. The van der Waals surface area contributed by atoms with E-state index in [9.17, 15) is 0 Å². The molecule has 1 saturated heterocycles. The molecule has 0 radical (unpaired) electrons. The van der Waals surface area contributed by atoms with Crippen molar-refractivity contribution in [3.63, 3.8) is 0 Å². The van der Waals surface area contributed by atoms with Crippen molar-refractivity contribution >= 4 is 5.82 Å². The molecule has 1 aliphatic rings. The van der Waals surface area contributed by atoms with E-state index in [1.165, 1.54) is 38.9 Å². The quantitative estimate of drug-likeness (QED) is 0.896. The van der Waals surface area contributed by atoms with E-state index in [0.717, 1.165) is 0 Å². The predicted octanol–water partition coefficient (Wildman–Crippen LogP) is 2.54. The molecule has 0 amide bonds. The Morgan fingerprint density at radius 2 is 2.00 bits per heavy atom. The van der Waals surface area contributed by atoms with Crippen molar-refractivity contribution in [1.29, 1.82) is 0 Å². The number of nitrogen functional groups attached to an aromatic ring is 1. The van der Waals surface area contributed by atoms with E-state index in [-0.39, 0.29) is 0 Å². The van der Waals surface area contributed by atoms with Crippen LogP contribution in [-0.2, 0) is 0 Å². The topological polar surface area (TPSA) is 47.1 Å². The minimum absolute atomic E-state index is 0.438. The fourth-order valence-electron chi connectivity index (χ4n) is 2.46. The summed E-state index contributed by atoms with van der Waals surface area (Å²) in [5.41, 5.74) is 6.10. The second-order valence-corrected chi connectivity index (χ2v) is 6.60. The van der Waals surface area contributed by atoms with Crippen molar-refractivity contribution in [2.24, 2.45) is 5.41 Å². The molecule has 0 aliphatic carbocycles. The van der Waals surface area contributed by atoms with Crippen LogP contribution in [0.4, 0.5) is 5.82 Å². The summed E-state index contributed by atoms with van der Waals surface area (Å²) in [6.45, 7) is 10.5. The van der Waals surface area contributed by atoms with Gasteiger partial charge in [-0.25, -0.2) is 0 Å². The van der Waals surface area contributed by atoms with E-state index >= 15 is 0 Å². The minimum atomic E-state index is 0.438. The molecule has 2 N–H and O–H groups in total. The number of hydrogen-bond donors (Lipinski definition) is 1. The Labute approximate surface area is 110 Å². The van der Waals surface area contributed by atoms with Gasteiger partial charge in [0.05, 0.1) is 6.04 Å². The van der Waals surface area contributed by atoms with Gasteiger partial charge in [0.1, 0.15) is 5.82 Å². The molecule has 0 spiro atoms. The molecule has 0 atom stereocenters. The third-order valence-corrected chi connectivity index (χ3v) is 3.74. The monoisotopic (exact) mass is 250 g/mol. The van der Waals surface area contributed by atoms with Gasteiger partial charge < -0.3 is 10.6 Å². The van der Waals surface area contributed by atoms with E-state index in [1.54, 1.807) is 0 Å². The summed E-state index contributed by atoms with van der Waals surface area (Å²) in [5, 5.41) is 4.32. The average molecular weight is 250 g/mol. The Morgan fingerprint density at radius 1 is 1.33 bits per heavy atom. The lowest BCUT2D eigenvalue weighted by Crippen LogP contribution is -2.36. The van der Waals surface area contributed by atoms with Crippen LogP contribution in [-0.4, -0.2) is 34.3 Å². The van der Waals surface area contributed by atoms with Gasteiger partial charge in [-0.1, -0.05) is 20.8 Å². The van der Waals surface area contributed by atoms with Crippen LogP contribution in [0.25, 0.3) is 0 Å². The highest BCUT2D eigenvalue weighted by molar-refractivity contribution is 5.24. The van der Waals surface area contributed by atoms with Gasteiger partial charge in [0, 0.05) is 19.3 Å². The molecular formula is C14H26N4. The molecule has 0 bridgehead atoms. The van der Waals surface area contributed by atoms with Gasteiger partial charge in [0.25, 0.3) is 0 Å². The van der Waals surface area contributed by atoms with Gasteiger partial charge in [-0.15, -0.1) is 0 Å². The summed E-state index contributed by atoms with van der Waals surface area (Å²) in [6.07, 6.45) is 5.65. The number of nitrogens with zero attached hydrogens (tertiary/aromatic N) is 3. The third-order valence-electron chi connectivity index (χ3n) is 3.74. The number of hydrogen-bond acceptors (Lipinski definition) is 3. The van der Waals surface area contributed by atoms with Gasteiger partial charge in [-0.05, 0) is 37.3 Å². The zero-order valence-corrected chi connectivity index (χ0v) is 11.9. The zero-order valence-electron chi connectivity index (χ0n) is 11.9. The first-order valence-electron chi connectivity index (χ1n) is 6.97. The fraction of sp³-hybridized carbons (Fsp3) is 0.786. The first kappa shape index (κ1) is 13.4. The zero-order chi connectivity index (χ0) is 13.2. The Morgan fingerprint density at radius 3 is 2.50 bits per heavy atom. The van der Waals surface area contributed by atoms with Crippen molar-refractivity contribution < 1.29 is 0 Å². The molecule has 1 fully saturated rings. The number of piperidine rings is 1. The van der Waals surface area contributed by atoms with Crippen LogP contribution in [0, 0.1) is 5.41 Å². The summed E-state index contributed by atoms with van der Waals surface area (Å²) >= 11 is 0. The van der Waals surface area contributed by atoms with Gasteiger partial charge in [0.15, 0.2) is 0 Å². The third kappa shape index (κ3) is 3.73. The highest BCUT2D eigenvalue weighted by Crippen LogP contribution is 2.24. The summed E-state index contributed by atoms with van der Waals surface area (Å²) in [4.78, 5) is 2.58. The summed E-state index contributed by atoms with van der Waals surface area (Å²) in [5.74, 6) is 0.630. The lowest BCUT2D eigenvalue weighted by atomic mass is 9.91. The van der Waals surface area contributed by atoms with Gasteiger partial charge in [-0.3, -0.25) is 4.68 Å². The van der Waals surface area contributed by atoms with Gasteiger partial charge in [-0.2, -0.15) is 5.10 Å². The molecule has 4 nitrogen and oxygen atoms in total. The van der Waals surface area contributed by atoms with Crippen LogP contribution >= 0.6 is 0 Å². The maximum Gasteiger partial charge on any atom is 0.145 e. The number of anilines is 1. The number of rotatable bonds is 3. The second-order valence-electron chi connectivity index (χ2n) is 6.60. The average Bonchev–Trinajstić information content (AvgIpc) is 2.73. The summed E-state index contributed by atoms with van der Waals surface area (Å²) in [7, 11) is 0. The smallest absolute Gasteiger partial charge is 0.145 e. The van der Waals surface area contributed by atoms with Crippen molar-refractivity contribution in [3.05, 3.63) is 12.3 Å². The molecule has 4 heteroatoms. The molecule has 1 aliphatic heterocycles. The highest BCUT2D eigenvalue weighted by atomic mass is 15.3. The highest BCUT2D eigenvalue weighted by Gasteiger charge is 2.22. The largest absolute Gasteiger partial charge is 0.382 e. The lowest BCUT2D eigenvalue weighted by molar-refractivity contribution is 0.160. The molecular weight excluding hydrogens is 224 g/mol. The summed E-state index contributed by atoms with van der Waals surface area (Å²) in [6, 6.07) is 2.42. The van der Waals surface area contributed by atoms with E-state index in [1.807, 2.05) is 16.9 Å². The molecule has 2 rings (SSSR count). The molecule has 0 saturated carbocycles. The van der Waals surface area contributed by atoms with E-state index in [0.29, 0.717) is 17.3 Å². The number of aromatic nitrogens is 2. The first-order valence-corrected chi connectivity index (χ1v) is 6.97. The number of likely N-dealkylation sites (tertiary alicyclic amines) is 1.